The van der Waals surface area contributed by atoms with E-state index >= 15 is 0 Å². The maximum absolute atomic E-state index is 12.0. The lowest BCUT2D eigenvalue weighted by atomic mass is 9.95. The Labute approximate surface area is 228 Å². The van der Waals surface area contributed by atoms with Crippen LogP contribution in [0.3, 0.4) is 0 Å². The van der Waals surface area contributed by atoms with Gasteiger partial charge in [-0.15, -0.1) is 0 Å². The highest BCUT2D eigenvalue weighted by atomic mass is 16.7. The van der Waals surface area contributed by atoms with Crippen LogP contribution in [0.2, 0.25) is 0 Å². The van der Waals surface area contributed by atoms with E-state index in [1.165, 1.54) is 0 Å². The Morgan fingerprint density at radius 3 is 1.90 bits per heavy atom. The number of nitrogens with one attached hydrogen (secondary N) is 2. The van der Waals surface area contributed by atoms with Gasteiger partial charge in [-0.25, -0.2) is 0 Å². The number of carbonyl (C=O) groups excluding carboxylic acids is 2. The lowest BCUT2D eigenvalue weighted by Gasteiger charge is -2.48. The van der Waals surface area contributed by atoms with Crippen molar-refractivity contribution in [1.82, 2.24) is 10.6 Å². The fraction of sp³-hybridized carbons (Fsp3) is 0.909. The summed E-state index contributed by atoms with van der Waals surface area (Å²) >= 11 is 0. The van der Waals surface area contributed by atoms with Crippen LogP contribution in [0.15, 0.2) is 0 Å². The van der Waals surface area contributed by atoms with Gasteiger partial charge in [0.1, 0.15) is 67.1 Å². The van der Waals surface area contributed by atoms with Gasteiger partial charge in [-0.3, -0.25) is 9.59 Å². The van der Waals surface area contributed by atoms with E-state index in [9.17, 15) is 60.7 Å². The van der Waals surface area contributed by atoms with Crippen LogP contribution in [-0.4, -0.2) is 175 Å². The van der Waals surface area contributed by atoms with Crippen molar-refractivity contribution in [3.8, 4) is 0 Å². The van der Waals surface area contributed by atoms with Gasteiger partial charge >= 0.3 is 0 Å². The van der Waals surface area contributed by atoms with E-state index in [1.54, 1.807) is 0 Å². The minimum atomic E-state index is -1.94. The topological polar surface area (TPSA) is 297 Å². The molecule has 2 aliphatic rings. The molecule has 2 saturated heterocycles. The van der Waals surface area contributed by atoms with Gasteiger partial charge in [-0.1, -0.05) is 0 Å². The van der Waals surface area contributed by atoms with E-state index in [1.807, 2.05) is 0 Å². The average Bonchev–Trinajstić information content (AvgIpc) is 2.92. The summed E-state index contributed by atoms with van der Waals surface area (Å²) in [5, 5.41) is 105. The van der Waals surface area contributed by atoms with Crippen molar-refractivity contribution in [3.63, 3.8) is 0 Å². The number of hydrogen-bond donors (Lipinski definition) is 12. The summed E-state index contributed by atoms with van der Waals surface area (Å²) in [5.41, 5.74) is 0. The molecule has 2 aliphatic heterocycles. The van der Waals surface area contributed by atoms with Gasteiger partial charge in [0.05, 0.1) is 32.5 Å². The van der Waals surface area contributed by atoms with Crippen LogP contribution in [0.5, 0.6) is 0 Å². The zero-order chi connectivity index (χ0) is 30.3. The smallest absolute Gasteiger partial charge is 0.217 e. The largest absolute Gasteiger partial charge is 0.394 e. The second kappa shape index (κ2) is 15.6. The van der Waals surface area contributed by atoms with E-state index in [0.717, 1.165) is 13.8 Å². The van der Waals surface area contributed by atoms with Crippen molar-refractivity contribution in [2.75, 3.05) is 26.4 Å². The van der Waals surface area contributed by atoms with Crippen molar-refractivity contribution in [1.29, 1.82) is 0 Å². The highest BCUT2D eigenvalue weighted by molar-refractivity contribution is 5.73. The van der Waals surface area contributed by atoms with Gasteiger partial charge in [0.25, 0.3) is 0 Å². The summed E-state index contributed by atoms with van der Waals surface area (Å²) in [6.45, 7) is -1.24. The number of aliphatic hydroxyl groups excluding tert-OH is 10. The Morgan fingerprint density at radius 2 is 1.40 bits per heavy atom. The van der Waals surface area contributed by atoms with Crippen LogP contribution in [0.1, 0.15) is 13.8 Å². The molecule has 18 heteroatoms. The van der Waals surface area contributed by atoms with Crippen LogP contribution >= 0.6 is 0 Å². The van der Waals surface area contributed by atoms with Gasteiger partial charge in [-0.2, -0.15) is 0 Å². The van der Waals surface area contributed by atoms with Crippen LogP contribution < -0.4 is 10.6 Å². The Morgan fingerprint density at radius 1 is 0.800 bits per heavy atom. The second-order valence-corrected chi connectivity index (χ2v) is 9.57. The molecule has 1 unspecified atom stereocenters. The van der Waals surface area contributed by atoms with Gasteiger partial charge < -0.3 is 80.6 Å². The second-order valence-electron chi connectivity index (χ2n) is 9.57. The maximum Gasteiger partial charge on any atom is 0.217 e. The van der Waals surface area contributed by atoms with Gasteiger partial charge in [-0.05, 0) is 0 Å². The molecule has 12 N–H and O–H groups in total. The number of hydrogen-bond acceptors (Lipinski definition) is 16. The molecule has 2 fully saturated rings. The summed E-state index contributed by atoms with van der Waals surface area (Å²) in [6.07, 6.45) is -20.6. The molecule has 0 saturated carbocycles. The van der Waals surface area contributed by atoms with E-state index in [-0.39, 0.29) is 0 Å². The molecule has 0 aromatic carbocycles. The normalized spacial score (nSPS) is 37.7. The van der Waals surface area contributed by atoms with E-state index < -0.39 is 124 Å². The quantitative estimate of drug-likeness (QED) is 0.0950. The third-order valence-corrected chi connectivity index (χ3v) is 6.55. The SMILES string of the molecule is CC(=O)N[C@@H](CO)[C@@H](OC1O[C@H](CO)[C@@H](O[C@@H]2O[C@H](CO)[C@H](O)[C@H](O)[C@H]2O)[C@H](O)[C@H]1NC(C)=O)[C@@H](O)[C@H](O)CO. The Kier molecular flexibility index (Phi) is 13.5. The fourth-order valence-electron chi connectivity index (χ4n) is 4.46. The predicted octanol–water partition coefficient (Wildman–Crippen LogP) is -7.65. The first-order valence-corrected chi connectivity index (χ1v) is 12.5. The number of carbonyl (C=O) groups is 2. The number of rotatable bonds is 13. The highest BCUT2D eigenvalue weighted by Gasteiger charge is 2.52. The van der Waals surface area contributed by atoms with Gasteiger partial charge in [0.15, 0.2) is 12.6 Å². The molecule has 234 valence electrons. The first-order valence-electron chi connectivity index (χ1n) is 12.5. The Bertz CT molecular complexity index is 807. The summed E-state index contributed by atoms with van der Waals surface area (Å²) in [5.74, 6) is -1.38. The lowest BCUT2D eigenvalue weighted by molar-refractivity contribution is -0.353. The first-order chi connectivity index (χ1) is 18.8. The number of aliphatic hydroxyl groups is 10. The summed E-state index contributed by atoms with van der Waals surface area (Å²) in [4.78, 5) is 23.6. The van der Waals surface area contributed by atoms with Crippen molar-refractivity contribution < 1.29 is 79.6 Å². The molecular formula is C22H40N2O16. The standard InChI is InChI=1S/C22H40N2O16/c1-7(29)23-9(3-25)19(14(32)10(31)4-26)39-21-13(24-8(2)30)16(34)20(12(6-28)38-21)40-22-18(36)17(35)15(33)11(5-27)37-22/h9-22,25-28,31-36H,3-6H2,1-2H3,(H,23,29)(H,24,30)/t9-,10+,11+,12+,13+,14-,15-,16+,17-,18+,19+,20+,21?,22-/m0/s1. The van der Waals surface area contributed by atoms with Gasteiger partial charge in [0.2, 0.25) is 11.8 Å². The monoisotopic (exact) mass is 588 g/mol. The fourth-order valence-corrected chi connectivity index (χ4v) is 4.46. The Balaban J connectivity index is 2.38. The van der Waals surface area contributed by atoms with Crippen molar-refractivity contribution in [3.05, 3.63) is 0 Å². The number of amides is 2. The first kappa shape index (κ1) is 34.6. The molecule has 2 heterocycles. The molecule has 2 rings (SSSR count). The van der Waals surface area contributed by atoms with E-state index in [2.05, 4.69) is 10.6 Å². The zero-order valence-electron chi connectivity index (χ0n) is 21.8. The molecule has 0 radical (unpaired) electrons. The molecule has 0 aromatic rings. The molecular weight excluding hydrogens is 548 g/mol. The summed E-state index contributed by atoms with van der Waals surface area (Å²) < 4.78 is 22.3. The van der Waals surface area contributed by atoms with Crippen molar-refractivity contribution >= 4 is 11.8 Å². The van der Waals surface area contributed by atoms with Crippen LogP contribution in [-0.2, 0) is 28.5 Å². The molecule has 18 nitrogen and oxygen atoms in total. The Hall–Kier alpha value is -1.62. The summed E-state index contributed by atoms with van der Waals surface area (Å²) in [7, 11) is 0. The summed E-state index contributed by atoms with van der Waals surface area (Å²) in [6, 6.07) is -2.93. The molecule has 0 bridgehead atoms. The molecule has 2 amide bonds. The minimum absolute atomic E-state index is 0.664. The molecule has 14 atom stereocenters. The highest BCUT2D eigenvalue weighted by Crippen LogP contribution is 2.30. The molecule has 0 aliphatic carbocycles. The van der Waals surface area contributed by atoms with Crippen LogP contribution in [0.4, 0.5) is 0 Å². The van der Waals surface area contributed by atoms with Crippen molar-refractivity contribution in [2.24, 2.45) is 0 Å². The number of ether oxygens (including phenoxy) is 4. The molecule has 0 spiro atoms. The van der Waals surface area contributed by atoms with Crippen LogP contribution in [0, 0.1) is 0 Å². The lowest BCUT2D eigenvalue weighted by Crippen LogP contribution is -2.69. The molecule has 0 aromatic heterocycles. The van der Waals surface area contributed by atoms with E-state index in [0.29, 0.717) is 0 Å². The predicted molar refractivity (Wildman–Crippen MR) is 127 cm³/mol. The minimum Gasteiger partial charge on any atom is -0.394 e. The van der Waals surface area contributed by atoms with Crippen molar-refractivity contribution in [2.45, 2.75) is 99.6 Å². The van der Waals surface area contributed by atoms with Crippen LogP contribution in [0.25, 0.3) is 0 Å². The zero-order valence-corrected chi connectivity index (χ0v) is 21.8. The maximum atomic E-state index is 12.0. The third kappa shape index (κ3) is 8.23. The molecule has 40 heavy (non-hydrogen) atoms. The van der Waals surface area contributed by atoms with Gasteiger partial charge in [0, 0.05) is 13.8 Å². The van der Waals surface area contributed by atoms with E-state index in [4.69, 9.17) is 18.9 Å². The third-order valence-electron chi connectivity index (χ3n) is 6.55. The average molecular weight is 589 g/mol.